The Hall–Kier alpha value is -3.67. The van der Waals surface area contributed by atoms with Gasteiger partial charge in [-0.1, -0.05) is 11.6 Å². The van der Waals surface area contributed by atoms with Crippen molar-refractivity contribution in [3.8, 4) is 17.1 Å². The van der Waals surface area contributed by atoms with Crippen molar-refractivity contribution in [2.24, 2.45) is 0 Å². The Bertz CT molecular complexity index is 1200. The molecule has 2 aromatic carbocycles. The van der Waals surface area contributed by atoms with Crippen LogP contribution in [0.3, 0.4) is 0 Å². The van der Waals surface area contributed by atoms with Crippen LogP contribution in [0.2, 0.25) is 5.02 Å². The van der Waals surface area contributed by atoms with E-state index in [1.165, 1.54) is 36.4 Å². The second kappa shape index (κ2) is 10.3. The van der Waals surface area contributed by atoms with Gasteiger partial charge in [-0.3, -0.25) is 4.79 Å². The summed E-state index contributed by atoms with van der Waals surface area (Å²) >= 11 is 5.81. The Morgan fingerprint density at radius 3 is 2.66 bits per heavy atom. The molecule has 35 heavy (non-hydrogen) atoms. The number of ether oxygens (including phenoxy) is 1. The molecule has 1 aromatic heterocycles. The molecule has 1 aliphatic rings. The zero-order chi connectivity index (χ0) is 25.0. The minimum absolute atomic E-state index is 0.0488. The van der Waals surface area contributed by atoms with Crippen LogP contribution >= 0.6 is 11.6 Å². The zero-order valence-corrected chi connectivity index (χ0v) is 18.8. The number of nitrogens with zero attached hydrogens (tertiary/aromatic N) is 4. The smallest absolute Gasteiger partial charge is 0.393 e. The van der Waals surface area contributed by atoms with Crippen molar-refractivity contribution in [3.05, 3.63) is 59.4 Å². The minimum atomic E-state index is -4.67. The van der Waals surface area contributed by atoms with E-state index in [1.807, 2.05) is 0 Å². The van der Waals surface area contributed by atoms with Crippen LogP contribution in [0.25, 0.3) is 11.4 Å². The van der Waals surface area contributed by atoms with E-state index in [1.54, 1.807) is 17.0 Å². The molecule has 0 spiro atoms. The Morgan fingerprint density at radius 2 is 2.00 bits per heavy atom. The summed E-state index contributed by atoms with van der Waals surface area (Å²) in [6, 6.07) is 10.3. The van der Waals surface area contributed by atoms with Crippen LogP contribution in [0.1, 0.15) is 12.8 Å². The first kappa shape index (κ1) is 24.5. The van der Waals surface area contributed by atoms with Gasteiger partial charge in [0.1, 0.15) is 11.6 Å². The number of benzene rings is 2. The van der Waals surface area contributed by atoms with E-state index in [0.717, 1.165) is 0 Å². The number of hydrogen-bond donors (Lipinski definition) is 2. The van der Waals surface area contributed by atoms with Crippen molar-refractivity contribution in [2.45, 2.75) is 25.1 Å². The number of nitrogens with one attached hydrogen (secondary N) is 2. The van der Waals surface area contributed by atoms with Gasteiger partial charge in [0.2, 0.25) is 5.82 Å². The molecule has 1 amide bonds. The lowest BCUT2D eigenvalue weighted by Crippen LogP contribution is -2.37. The number of alkyl halides is 3. The normalized spacial score (nSPS) is 14.9. The number of halogens is 5. The number of hydrogen-bond acceptors (Lipinski definition) is 6. The zero-order valence-electron chi connectivity index (χ0n) is 18.0. The summed E-state index contributed by atoms with van der Waals surface area (Å²) in [7, 11) is 0. The average Bonchev–Trinajstić information content (AvgIpc) is 3.34. The van der Waals surface area contributed by atoms with E-state index in [4.69, 9.17) is 16.3 Å². The maximum absolute atomic E-state index is 13.8. The highest BCUT2D eigenvalue weighted by Gasteiger charge is 2.37. The van der Waals surface area contributed by atoms with Crippen LogP contribution in [-0.2, 0) is 4.79 Å². The van der Waals surface area contributed by atoms with Crippen LogP contribution in [0, 0.1) is 0 Å². The minimum Gasteiger partial charge on any atom is -0.480 e. The SMILES string of the molecule is O=C(Nc1ccc(N2CCC=C(F)C2)cc1-c1nn[nH]n1)[C@H](CC(F)(F)F)Oc1ccc(Cl)cc1. The molecule has 0 fully saturated rings. The van der Waals surface area contributed by atoms with Crippen LogP contribution in [0.5, 0.6) is 5.75 Å². The summed E-state index contributed by atoms with van der Waals surface area (Å²) in [6.45, 7) is 0.632. The maximum atomic E-state index is 13.8. The van der Waals surface area contributed by atoms with E-state index in [0.29, 0.717) is 23.7 Å². The molecule has 0 radical (unpaired) electrons. The Kier molecular flexibility index (Phi) is 7.20. The molecule has 13 heteroatoms. The number of aromatic nitrogens is 4. The number of rotatable bonds is 7. The molecule has 0 saturated heterocycles. The predicted octanol–water partition coefficient (Wildman–Crippen LogP) is 4.92. The lowest BCUT2D eigenvalue weighted by molar-refractivity contribution is -0.158. The summed E-state index contributed by atoms with van der Waals surface area (Å²) in [5, 5.41) is 16.5. The number of tetrazole rings is 1. The third kappa shape index (κ3) is 6.47. The Morgan fingerprint density at radius 1 is 1.23 bits per heavy atom. The fourth-order valence-electron chi connectivity index (χ4n) is 3.51. The molecule has 4 rings (SSSR count). The first-order chi connectivity index (χ1) is 16.7. The van der Waals surface area contributed by atoms with Gasteiger partial charge in [-0.25, -0.2) is 4.39 Å². The van der Waals surface area contributed by atoms with Crippen molar-refractivity contribution < 1.29 is 27.1 Å². The molecule has 1 atom stereocenters. The van der Waals surface area contributed by atoms with Crippen molar-refractivity contribution in [3.63, 3.8) is 0 Å². The maximum Gasteiger partial charge on any atom is 0.393 e. The number of aromatic amines is 1. The fourth-order valence-corrected chi connectivity index (χ4v) is 3.64. The van der Waals surface area contributed by atoms with Crippen molar-refractivity contribution in [1.29, 1.82) is 0 Å². The van der Waals surface area contributed by atoms with E-state index in [9.17, 15) is 22.4 Å². The van der Waals surface area contributed by atoms with E-state index >= 15 is 0 Å². The highest BCUT2D eigenvalue weighted by atomic mass is 35.5. The van der Waals surface area contributed by atoms with Gasteiger partial charge in [-0.15, -0.1) is 10.2 Å². The van der Waals surface area contributed by atoms with Crippen LogP contribution in [0.15, 0.2) is 54.4 Å². The van der Waals surface area contributed by atoms with Crippen LogP contribution in [-0.4, -0.2) is 51.9 Å². The van der Waals surface area contributed by atoms with Gasteiger partial charge in [0.25, 0.3) is 5.91 Å². The van der Waals surface area contributed by atoms with Crippen LogP contribution in [0.4, 0.5) is 28.9 Å². The molecule has 0 unspecified atom stereocenters. The van der Waals surface area contributed by atoms with E-state index in [2.05, 4.69) is 25.9 Å². The van der Waals surface area contributed by atoms with Crippen molar-refractivity contribution >= 4 is 28.9 Å². The first-order valence-corrected chi connectivity index (χ1v) is 10.8. The number of H-pyrrole nitrogens is 1. The largest absolute Gasteiger partial charge is 0.480 e. The van der Waals surface area contributed by atoms with Gasteiger partial charge in [0.05, 0.1) is 18.7 Å². The van der Waals surface area contributed by atoms with Crippen LogP contribution < -0.4 is 15.0 Å². The lowest BCUT2D eigenvalue weighted by atomic mass is 10.1. The average molecular weight is 511 g/mol. The number of carbonyl (C=O) groups excluding carboxylic acids is 1. The number of carbonyl (C=O) groups is 1. The summed E-state index contributed by atoms with van der Waals surface area (Å²) in [6.07, 6.45) is -6.04. The van der Waals surface area contributed by atoms with E-state index < -0.39 is 24.6 Å². The number of anilines is 2. The van der Waals surface area contributed by atoms with Gasteiger partial charge < -0.3 is 15.0 Å². The van der Waals surface area contributed by atoms with Gasteiger partial charge in [0.15, 0.2) is 6.10 Å². The highest BCUT2D eigenvalue weighted by Crippen LogP contribution is 2.32. The topological polar surface area (TPSA) is 96.0 Å². The molecular weight excluding hydrogens is 492 g/mol. The molecule has 0 bridgehead atoms. The summed E-state index contributed by atoms with van der Waals surface area (Å²) in [5.41, 5.74) is 1.05. The fraction of sp³-hybridized carbons (Fsp3) is 0.273. The van der Waals surface area contributed by atoms with Crippen molar-refractivity contribution in [2.75, 3.05) is 23.3 Å². The quantitative estimate of drug-likeness (QED) is 0.438. The molecule has 0 aliphatic carbocycles. The monoisotopic (exact) mass is 510 g/mol. The first-order valence-electron chi connectivity index (χ1n) is 10.4. The molecule has 0 saturated carbocycles. The molecular formula is C22H19ClF4N6O2. The molecule has 2 heterocycles. The second-order valence-corrected chi connectivity index (χ2v) is 8.13. The Balaban J connectivity index is 1.61. The summed E-state index contributed by atoms with van der Waals surface area (Å²) in [4.78, 5) is 14.7. The highest BCUT2D eigenvalue weighted by molar-refractivity contribution is 6.30. The standard InChI is InChI=1S/C22H19ClF4N6O2/c23-13-3-6-16(7-4-13)35-19(11-22(25,26)27)21(34)28-18-8-5-15(33-9-1-2-14(24)12-33)10-17(18)20-29-31-32-30-20/h2-8,10,19H,1,9,11-12H2,(H,28,34)(H,29,30,31,32)/t19-/m0/s1. The molecule has 184 valence electrons. The predicted molar refractivity (Wildman–Crippen MR) is 121 cm³/mol. The van der Waals surface area contributed by atoms with Gasteiger partial charge in [-0.05, 0) is 60.2 Å². The summed E-state index contributed by atoms with van der Waals surface area (Å²) < 4.78 is 58.8. The number of amides is 1. The third-order valence-corrected chi connectivity index (χ3v) is 5.37. The lowest BCUT2D eigenvalue weighted by Gasteiger charge is -2.27. The summed E-state index contributed by atoms with van der Waals surface area (Å²) in [5.74, 6) is -1.15. The van der Waals surface area contributed by atoms with Crippen molar-refractivity contribution in [1.82, 2.24) is 20.6 Å². The van der Waals surface area contributed by atoms with Gasteiger partial charge in [0, 0.05) is 22.8 Å². The van der Waals surface area contributed by atoms with Gasteiger partial charge in [-0.2, -0.15) is 18.4 Å². The molecule has 3 aromatic rings. The molecule has 1 aliphatic heterocycles. The third-order valence-electron chi connectivity index (χ3n) is 5.12. The Labute approximate surface area is 201 Å². The van der Waals surface area contributed by atoms with E-state index in [-0.39, 0.29) is 35.2 Å². The van der Waals surface area contributed by atoms with Gasteiger partial charge >= 0.3 is 6.18 Å². The molecule has 2 N–H and O–H groups in total. The molecule has 8 nitrogen and oxygen atoms in total. The second-order valence-electron chi connectivity index (χ2n) is 7.70.